The van der Waals surface area contributed by atoms with Crippen LogP contribution in [-0.2, 0) is 19.9 Å². The van der Waals surface area contributed by atoms with Crippen molar-refractivity contribution in [2.24, 2.45) is 5.14 Å². The second-order valence-electron chi connectivity index (χ2n) is 4.03. The van der Waals surface area contributed by atoms with Crippen molar-refractivity contribution in [2.75, 3.05) is 18.6 Å². The highest BCUT2D eigenvalue weighted by Gasteiger charge is 2.21. The maximum atomic E-state index is 11.7. The van der Waals surface area contributed by atoms with Crippen LogP contribution < -0.4 is 10.5 Å². The van der Waals surface area contributed by atoms with Crippen molar-refractivity contribution in [3.8, 4) is 0 Å². The highest BCUT2D eigenvalue weighted by molar-refractivity contribution is 9.10. The lowest BCUT2D eigenvalue weighted by molar-refractivity contribution is 0.0924. The van der Waals surface area contributed by atoms with E-state index >= 15 is 0 Å². The fraction of sp³-hybridized carbons (Fsp3) is 0.444. The molecule has 114 valence electrons. The van der Waals surface area contributed by atoms with Gasteiger partial charge in [0.15, 0.2) is 10.4 Å². The van der Waals surface area contributed by atoms with E-state index in [1.807, 2.05) is 0 Å². The summed E-state index contributed by atoms with van der Waals surface area (Å²) in [4.78, 5) is 11.3. The maximum Gasteiger partial charge on any atom is 0.287 e. The molecule has 0 saturated carbocycles. The number of carbonyl (C=O) groups excluding carboxylic acids is 1. The largest absolute Gasteiger partial charge is 0.443 e. The van der Waals surface area contributed by atoms with Gasteiger partial charge in [-0.05, 0) is 22.4 Å². The van der Waals surface area contributed by atoms with Crippen LogP contribution in [0.3, 0.4) is 0 Å². The number of amides is 1. The molecule has 0 aliphatic rings. The highest BCUT2D eigenvalue weighted by atomic mass is 79.9. The van der Waals surface area contributed by atoms with Gasteiger partial charge in [-0.25, -0.2) is 22.0 Å². The van der Waals surface area contributed by atoms with E-state index in [1.54, 1.807) is 0 Å². The number of nitrogens with one attached hydrogen (secondary N) is 1. The molecule has 0 saturated heterocycles. The molecule has 3 N–H and O–H groups in total. The smallest absolute Gasteiger partial charge is 0.287 e. The molecule has 1 rings (SSSR count). The van der Waals surface area contributed by atoms with Gasteiger partial charge < -0.3 is 9.73 Å². The summed E-state index contributed by atoms with van der Waals surface area (Å²) < 4.78 is 48.8. The summed E-state index contributed by atoms with van der Waals surface area (Å²) >= 11 is 2.84. The van der Waals surface area contributed by atoms with E-state index in [0.29, 0.717) is 0 Å². The first-order chi connectivity index (χ1) is 9.00. The second-order valence-corrected chi connectivity index (χ2v) is 8.54. The molecule has 0 unspecified atom stereocenters. The molecule has 11 heteroatoms. The monoisotopic (exact) mass is 388 g/mol. The van der Waals surface area contributed by atoms with Crippen LogP contribution >= 0.6 is 15.9 Å². The molecule has 1 aromatic heterocycles. The lowest BCUT2D eigenvalue weighted by Gasteiger charge is -2.01. The minimum absolute atomic E-state index is 0.0580. The van der Waals surface area contributed by atoms with Crippen molar-refractivity contribution in [1.82, 2.24) is 5.32 Å². The van der Waals surface area contributed by atoms with Gasteiger partial charge in [-0.3, -0.25) is 4.79 Å². The number of halogens is 1. The number of hydrogen-bond donors (Lipinski definition) is 2. The minimum atomic E-state index is -3.99. The number of furan rings is 1. The van der Waals surface area contributed by atoms with Gasteiger partial charge in [0.25, 0.3) is 5.91 Å². The molecule has 0 spiro atoms. The fourth-order valence-corrected chi connectivity index (χ4v) is 3.45. The van der Waals surface area contributed by atoms with Crippen LogP contribution in [0, 0.1) is 0 Å². The SMILES string of the molecule is CS(=O)(=O)CCCNC(=O)c1cc(S(N)(=O)=O)c(Br)o1. The van der Waals surface area contributed by atoms with Crippen molar-refractivity contribution in [1.29, 1.82) is 0 Å². The Balaban J connectivity index is 2.66. The van der Waals surface area contributed by atoms with Crippen molar-refractivity contribution < 1.29 is 26.0 Å². The average molecular weight is 389 g/mol. The van der Waals surface area contributed by atoms with Crippen molar-refractivity contribution in [2.45, 2.75) is 11.3 Å². The third kappa shape index (κ3) is 5.23. The summed E-state index contributed by atoms with van der Waals surface area (Å²) in [6.45, 7) is 0.120. The van der Waals surface area contributed by atoms with Gasteiger partial charge in [-0.15, -0.1) is 0 Å². The predicted molar refractivity (Wildman–Crippen MR) is 74.4 cm³/mol. The highest BCUT2D eigenvalue weighted by Crippen LogP contribution is 2.24. The van der Waals surface area contributed by atoms with Crippen LogP contribution in [0.2, 0.25) is 0 Å². The summed E-state index contributed by atoms with van der Waals surface area (Å²) in [6.07, 6.45) is 1.34. The number of carbonyl (C=O) groups is 1. The van der Waals surface area contributed by atoms with Gasteiger partial charge in [0.2, 0.25) is 10.0 Å². The molecule has 0 atom stereocenters. The molecule has 8 nitrogen and oxygen atoms in total. The molecule has 0 bridgehead atoms. The molecule has 0 radical (unpaired) electrons. The van der Waals surface area contributed by atoms with Gasteiger partial charge in [0, 0.05) is 18.9 Å². The van der Waals surface area contributed by atoms with Crippen LogP contribution in [0.4, 0.5) is 0 Å². The topological polar surface area (TPSA) is 137 Å². The quantitative estimate of drug-likeness (QED) is 0.650. The Morgan fingerprint density at radius 3 is 2.45 bits per heavy atom. The Hall–Kier alpha value is -0.910. The summed E-state index contributed by atoms with van der Waals surface area (Å²) in [5.74, 6) is -0.952. The summed E-state index contributed by atoms with van der Waals surface area (Å²) in [6, 6.07) is 0.991. The molecule has 0 aliphatic heterocycles. The number of sulfone groups is 1. The Kier molecular flexibility index (Phi) is 5.35. The van der Waals surface area contributed by atoms with Crippen LogP contribution in [0.1, 0.15) is 17.0 Å². The zero-order chi connectivity index (χ0) is 15.6. The molecular weight excluding hydrogens is 376 g/mol. The van der Waals surface area contributed by atoms with E-state index in [9.17, 15) is 21.6 Å². The maximum absolute atomic E-state index is 11.7. The average Bonchev–Trinajstić information content (AvgIpc) is 2.65. The second kappa shape index (κ2) is 6.24. The van der Waals surface area contributed by atoms with Crippen LogP contribution in [-0.4, -0.2) is 41.3 Å². The molecular formula is C9H13BrN2O6S2. The van der Waals surface area contributed by atoms with Gasteiger partial charge >= 0.3 is 0 Å². The third-order valence-electron chi connectivity index (χ3n) is 2.16. The molecule has 0 aliphatic carbocycles. The fourth-order valence-electron chi connectivity index (χ4n) is 1.28. The normalized spacial score (nSPS) is 12.3. The standard InChI is InChI=1S/C9H13BrN2O6S2/c1-19(14,15)4-2-3-12-9(13)6-5-7(8(10)18-6)20(11,16)17/h5H,2-4H2,1H3,(H,12,13)(H2,11,16,17). The Morgan fingerprint density at radius 1 is 1.40 bits per heavy atom. The van der Waals surface area contributed by atoms with Crippen LogP contribution in [0.15, 0.2) is 20.0 Å². The molecule has 0 fully saturated rings. The van der Waals surface area contributed by atoms with E-state index in [2.05, 4.69) is 21.2 Å². The van der Waals surface area contributed by atoms with E-state index < -0.39 is 25.8 Å². The minimum Gasteiger partial charge on any atom is -0.443 e. The van der Waals surface area contributed by atoms with Crippen LogP contribution in [0.25, 0.3) is 0 Å². The molecule has 20 heavy (non-hydrogen) atoms. The van der Waals surface area contributed by atoms with Gasteiger partial charge in [-0.1, -0.05) is 0 Å². The summed E-state index contributed by atoms with van der Waals surface area (Å²) in [5.41, 5.74) is 0. The van der Waals surface area contributed by atoms with Crippen molar-refractivity contribution >= 4 is 41.7 Å². The molecule has 1 aromatic rings. The van der Waals surface area contributed by atoms with E-state index in [4.69, 9.17) is 9.56 Å². The van der Waals surface area contributed by atoms with Gasteiger partial charge in [0.1, 0.15) is 14.7 Å². The lowest BCUT2D eigenvalue weighted by atomic mass is 10.4. The number of primary sulfonamides is 1. The van der Waals surface area contributed by atoms with E-state index in [1.165, 1.54) is 0 Å². The molecule has 0 aromatic carbocycles. The lowest BCUT2D eigenvalue weighted by Crippen LogP contribution is -2.25. The molecule has 1 heterocycles. The van der Waals surface area contributed by atoms with E-state index in [0.717, 1.165) is 12.3 Å². The first-order valence-electron chi connectivity index (χ1n) is 5.29. The zero-order valence-electron chi connectivity index (χ0n) is 10.4. The Bertz CT molecular complexity index is 707. The number of rotatable bonds is 6. The van der Waals surface area contributed by atoms with Crippen molar-refractivity contribution in [3.05, 3.63) is 16.5 Å². The zero-order valence-corrected chi connectivity index (χ0v) is 13.6. The molecule has 1 amide bonds. The summed E-state index contributed by atoms with van der Waals surface area (Å²) in [7, 11) is -7.08. The Morgan fingerprint density at radius 2 is 2.00 bits per heavy atom. The van der Waals surface area contributed by atoms with Gasteiger partial charge in [0.05, 0.1) is 5.75 Å². The number of hydrogen-bond acceptors (Lipinski definition) is 6. The third-order valence-corrected chi connectivity index (χ3v) is 4.96. The van der Waals surface area contributed by atoms with E-state index in [-0.39, 0.29) is 34.0 Å². The first kappa shape index (κ1) is 17.1. The summed E-state index contributed by atoms with van der Waals surface area (Å²) in [5, 5.41) is 7.33. The number of nitrogens with two attached hydrogens (primary N) is 1. The Labute approximate surface area is 124 Å². The van der Waals surface area contributed by atoms with Crippen molar-refractivity contribution in [3.63, 3.8) is 0 Å². The number of sulfonamides is 1. The van der Waals surface area contributed by atoms with Crippen LogP contribution in [0.5, 0.6) is 0 Å². The van der Waals surface area contributed by atoms with Gasteiger partial charge in [-0.2, -0.15) is 0 Å². The first-order valence-corrected chi connectivity index (χ1v) is 9.69. The predicted octanol–water partition coefficient (Wildman–Crippen LogP) is -0.146.